The van der Waals surface area contributed by atoms with Crippen LogP contribution in [0.3, 0.4) is 0 Å². The predicted molar refractivity (Wildman–Crippen MR) is 107 cm³/mol. The lowest BCUT2D eigenvalue weighted by molar-refractivity contribution is 0.0731. The molecule has 3 aromatic rings. The number of aromatic nitrogens is 2. The Morgan fingerprint density at radius 3 is 2.69 bits per heavy atom. The standard InChI is InChI=1S/C22H22N4O3/c1-23-20(27)15-12-16(13-9-10-13)24-21-18(15)19(25-29-21)17-8-5-11-26(17)22(28)14-6-3-2-4-7-14/h2-4,6-7,12-13,17H,5,8-11H2,1H3,(H,23,27). The van der Waals surface area contributed by atoms with E-state index in [2.05, 4.69) is 15.5 Å². The van der Waals surface area contributed by atoms with Crippen molar-refractivity contribution in [3.8, 4) is 0 Å². The highest BCUT2D eigenvalue weighted by Crippen LogP contribution is 2.42. The number of hydrogen-bond donors (Lipinski definition) is 1. The number of carbonyl (C=O) groups is 2. The second kappa shape index (κ2) is 6.99. The zero-order valence-electron chi connectivity index (χ0n) is 16.2. The first-order valence-corrected chi connectivity index (χ1v) is 10.1. The molecule has 2 amide bonds. The number of nitrogens with one attached hydrogen (secondary N) is 1. The van der Waals surface area contributed by atoms with Gasteiger partial charge in [0.15, 0.2) is 0 Å². The number of pyridine rings is 1. The number of carbonyl (C=O) groups excluding carboxylic acids is 2. The van der Waals surface area contributed by atoms with E-state index in [0.717, 1.165) is 31.4 Å². The van der Waals surface area contributed by atoms with Crippen molar-refractivity contribution in [2.45, 2.75) is 37.6 Å². The molecule has 1 aliphatic heterocycles. The molecule has 1 aromatic carbocycles. The van der Waals surface area contributed by atoms with Crippen LogP contribution in [0.15, 0.2) is 40.9 Å². The van der Waals surface area contributed by atoms with Crippen LogP contribution in [-0.4, -0.2) is 40.4 Å². The van der Waals surface area contributed by atoms with Gasteiger partial charge < -0.3 is 14.7 Å². The highest BCUT2D eigenvalue weighted by atomic mass is 16.5. The van der Waals surface area contributed by atoms with E-state index in [0.29, 0.717) is 40.4 Å². The molecule has 148 valence electrons. The van der Waals surface area contributed by atoms with Gasteiger partial charge in [-0.2, -0.15) is 0 Å². The van der Waals surface area contributed by atoms with Gasteiger partial charge in [0.25, 0.3) is 17.5 Å². The number of benzene rings is 1. The van der Waals surface area contributed by atoms with Gasteiger partial charge >= 0.3 is 0 Å². The van der Waals surface area contributed by atoms with E-state index in [1.54, 1.807) is 7.05 Å². The largest absolute Gasteiger partial charge is 0.355 e. The summed E-state index contributed by atoms with van der Waals surface area (Å²) in [6.45, 7) is 0.648. The third-order valence-corrected chi connectivity index (χ3v) is 5.81. The van der Waals surface area contributed by atoms with E-state index in [4.69, 9.17) is 4.52 Å². The van der Waals surface area contributed by atoms with Gasteiger partial charge in [-0.25, -0.2) is 4.98 Å². The summed E-state index contributed by atoms with van der Waals surface area (Å²) in [4.78, 5) is 32.2. The maximum atomic E-state index is 13.1. The summed E-state index contributed by atoms with van der Waals surface area (Å²) in [6, 6.07) is 10.9. The molecule has 2 aromatic heterocycles. The van der Waals surface area contributed by atoms with Gasteiger partial charge in [-0.3, -0.25) is 9.59 Å². The molecule has 5 rings (SSSR count). The molecule has 0 bridgehead atoms. The average molecular weight is 390 g/mol. The molecule has 0 spiro atoms. The SMILES string of the molecule is CNC(=O)c1cc(C2CC2)nc2onc(C3CCCN3C(=O)c3ccccc3)c12. The van der Waals surface area contributed by atoms with Crippen LogP contribution in [0.1, 0.15) is 69.7 Å². The molecule has 1 atom stereocenters. The fourth-order valence-electron chi connectivity index (χ4n) is 4.16. The molecule has 1 N–H and O–H groups in total. The topological polar surface area (TPSA) is 88.3 Å². The smallest absolute Gasteiger partial charge is 0.259 e. The van der Waals surface area contributed by atoms with Gasteiger partial charge in [-0.1, -0.05) is 23.4 Å². The minimum Gasteiger partial charge on any atom is -0.355 e. The van der Waals surface area contributed by atoms with Crippen molar-refractivity contribution in [1.82, 2.24) is 20.4 Å². The maximum Gasteiger partial charge on any atom is 0.259 e. The first kappa shape index (κ1) is 17.8. The zero-order chi connectivity index (χ0) is 20.0. The van der Waals surface area contributed by atoms with Crippen LogP contribution in [0.2, 0.25) is 0 Å². The van der Waals surface area contributed by atoms with E-state index >= 15 is 0 Å². The number of rotatable bonds is 4. The fraction of sp³-hybridized carbons (Fsp3) is 0.364. The molecule has 2 aliphatic rings. The minimum atomic E-state index is -0.235. The molecular formula is C22H22N4O3. The molecule has 1 aliphatic carbocycles. The van der Waals surface area contributed by atoms with Gasteiger partial charge in [-0.15, -0.1) is 0 Å². The van der Waals surface area contributed by atoms with Crippen LogP contribution in [0.5, 0.6) is 0 Å². The highest BCUT2D eigenvalue weighted by molar-refractivity contribution is 6.06. The molecule has 1 unspecified atom stereocenters. The number of nitrogens with zero attached hydrogens (tertiary/aromatic N) is 3. The Morgan fingerprint density at radius 2 is 1.97 bits per heavy atom. The lowest BCUT2D eigenvalue weighted by Crippen LogP contribution is -2.31. The van der Waals surface area contributed by atoms with E-state index in [1.807, 2.05) is 41.3 Å². The van der Waals surface area contributed by atoms with E-state index in [-0.39, 0.29) is 17.9 Å². The van der Waals surface area contributed by atoms with Crippen LogP contribution in [0, 0.1) is 0 Å². The summed E-state index contributed by atoms with van der Waals surface area (Å²) in [5.74, 6) is 0.162. The van der Waals surface area contributed by atoms with Crippen molar-refractivity contribution >= 4 is 22.9 Å². The Morgan fingerprint density at radius 1 is 1.17 bits per heavy atom. The van der Waals surface area contributed by atoms with Gasteiger partial charge in [0.1, 0.15) is 5.69 Å². The third-order valence-electron chi connectivity index (χ3n) is 5.81. The van der Waals surface area contributed by atoms with Crippen molar-refractivity contribution in [3.05, 3.63) is 58.9 Å². The maximum absolute atomic E-state index is 13.1. The molecular weight excluding hydrogens is 368 g/mol. The van der Waals surface area contributed by atoms with Gasteiger partial charge in [0, 0.05) is 30.8 Å². The molecule has 7 nitrogen and oxygen atoms in total. The van der Waals surface area contributed by atoms with E-state index in [9.17, 15) is 9.59 Å². The first-order valence-electron chi connectivity index (χ1n) is 10.1. The molecule has 29 heavy (non-hydrogen) atoms. The Balaban J connectivity index is 1.59. The van der Waals surface area contributed by atoms with Crippen LogP contribution in [-0.2, 0) is 0 Å². The molecule has 0 radical (unpaired) electrons. The Labute approximate surface area is 168 Å². The second-order valence-electron chi connectivity index (χ2n) is 7.72. The summed E-state index contributed by atoms with van der Waals surface area (Å²) in [5, 5.41) is 7.62. The quantitative estimate of drug-likeness (QED) is 0.737. The summed E-state index contributed by atoms with van der Waals surface area (Å²) in [6.07, 6.45) is 3.81. The van der Waals surface area contributed by atoms with Crippen LogP contribution < -0.4 is 5.32 Å². The Hall–Kier alpha value is -3.22. The molecule has 3 heterocycles. The molecule has 2 fully saturated rings. The molecule has 1 saturated carbocycles. The van der Waals surface area contributed by atoms with Crippen molar-refractivity contribution < 1.29 is 14.1 Å². The first-order chi connectivity index (χ1) is 14.2. The number of fused-ring (bicyclic) bond motifs is 1. The summed E-state index contributed by atoms with van der Waals surface area (Å²) in [7, 11) is 1.61. The fourth-order valence-corrected chi connectivity index (χ4v) is 4.16. The van der Waals surface area contributed by atoms with Crippen molar-refractivity contribution in [2.24, 2.45) is 0 Å². The Kier molecular flexibility index (Phi) is 4.30. The molecule has 7 heteroatoms. The number of likely N-dealkylation sites (tertiary alicyclic amines) is 1. The van der Waals surface area contributed by atoms with Crippen molar-refractivity contribution in [2.75, 3.05) is 13.6 Å². The van der Waals surface area contributed by atoms with Gasteiger partial charge in [0.2, 0.25) is 0 Å². The molecule has 1 saturated heterocycles. The predicted octanol–water partition coefficient (Wildman–Crippen LogP) is 3.44. The van der Waals surface area contributed by atoms with E-state index in [1.165, 1.54) is 0 Å². The Bertz CT molecular complexity index is 1090. The summed E-state index contributed by atoms with van der Waals surface area (Å²) in [5.41, 5.74) is 3.04. The summed E-state index contributed by atoms with van der Waals surface area (Å²) < 4.78 is 5.57. The normalized spacial score (nSPS) is 18.9. The zero-order valence-corrected chi connectivity index (χ0v) is 16.2. The lowest BCUT2D eigenvalue weighted by Gasteiger charge is -2.23. The van der Waals surface area contributed by atoms with E-state index < -0.39 is 0 Å². The summed E-state index contributed by atoms with van der Waals surface area (Å²) >= 11 is 0. The third kappa shape index (κ3) is 3.06. The monoisotopic (exact) mass is 390 g/mol. The highest BCUT2D eigenvalue weighted by Gasteiger charge is 2.36. The van der Waals surface area contributed by atoms with Crippen LogP contribution >= 0.6 is 0 Å². The van der Waals surface area contributed by atoms with Gasteiger partial charge in [-0.05, 0) is 43.9 Å². The number of hydrogen-bond acceptors (Lipinski definition) is 5. The van der Waals surface area contributed by atoms with Crippen LogP contribution in [0.4, 0.5) is 0 Å². The van der Waals surface area contributed by atoms with Crippen molar-refractivity contribution in [3.63, 3.8) is 0 Å². The second-order valence-corrected chi connectivity index (χ2v) is 7.72. The van der Waals surface area contributed by atoms with Gasteiger partial charge in [0.05, 0.1) is 17.0 Å². The van der Waals surface area contributed by atoms with Crippen molar-refractivity contribution in [1.29, 1.82) is 0 Å². The van der Waals surface area contributed by atoms with Crippen LogP contribution in [0.25, 0.3) is 11.1 Å². The lowest BCUT2D eigenvalue weighted by atomic mass is 10.0. The number of amides is 2. The minimum absolute atomic E-state index is 0.0340. The average Bonchev–Trinajstić information content (AvgIpc) is 3.35.